The van der Waals surface area contributed by atoms with Gasteiger partial charge in [0.05, 0.1) is 12.4 Å². The van der Waals surface area contributed by atoms with Crippen molar-refractivity contribution in [3.63, 3.8) is 0 Å². The molecular weight excluding hydrogens is 296 g/mol. The van der Waals surface area contributed by atoms with Crippen molar-refractivity contribution in [2.45, 2.75) is 13.5 Å². The zero-order valence-electron chi connectivity index (χ0n) is 14.0. The summed E-state index contributed by atoms with van der Waals surface area (Å²) in [6, 6.07) is 20.5. The summed E-state index contributed by atoms with van der Waals surface area (Å²) in [6.45, 7) is 3.53. The first-order valence-corrected chi connectivity index (χ1v) is 8.22. The summed E-state index contributed by atoms with van der Waals surface area (Å²) in [6.07, 6.45) is 0. The van der Waals surface area contributed by atoms with Gasteiger partial charge >= 0.3 is 0 Å². The maximum Gasteiger partial charge on any atom is 0.260 e. The average molecular weight is 316 g/mol. The fourth-order valence-electron chi connectivity index (χ4n) is 3.49. The van der Waals surface area contributed by atoms with Crippen molar-refractivity contribution < 1.29 is 4.79 Å². The van der Waals surface area contributed by atoms with Gasteiger partial charge in [-0.25, -0.2) is 0 Å². The normalized spacial score (nSPS) is 13.3. The highest BCUT2D eigenvalue weighted by molar-refractivity contribution is 6.24. The van der Waals surface area contributed by atoms with Gasteiger partial charge in [0.2, 0.25) is 0 Å². The van der Waals surface area contributed by atoms with Gasteiger partial charge in [-0.05, 0) is 42.6 Å². The SMILES string of the molecule is Cc1ccccc1CN(C)CN1C(=O)c2cccc3cccc1c23. The summed E-state index contributed by atoms with van der Waals surface area (Å²) in [5.74, 6) is 0.0958. The zero-order chi connectivity index (χ0) is 16.7. The van der Waals surface area contributed by atoms with Crippen molar-refractivity contribution in [3.8, 4) is 0 Å². The Kier molecular flexibility index (Phi) is 3.58. The monoisotopic (exact) mass is 316 g/mol. The van der Waals surface area contributed by atoms with E-state index in [1.807, 2.05) is 29.2 Å². The van der Waals surface area contributed by atoms with E-state index in [0.29, 0.717) is 6.67 Å². The minimum Gasteiger partial charge on any atom is -0.294 e. The lowest BCUT2D eigenvalue weighted by atomic mass is 10.1. The summed E-state index contributed by atoms with van der Waals surface area (Å²) in [5, 5.41) is 2.21. The average Bonchev–Trinajstić information content (AvgIpc) is 2.85. The van der Waals surface area contributed by atoms with E-state index in [1.165, 1.54) is 11.1 Å². The van der Waals surface area contributed by atoms with Gasteiger partial charge in [0.1, 0.15) is 0 Å². The van der Waals surface area contributed by atoms with Crippen LogP contribution >= 0.6 is 0 Å². The van der Waals surface area contributed by atoms with Crippen LogP contribution < -0.4 is 4.90 Å². The third-order valence-electron chi connectivity index (χ3n) is 4.73. The molecule has 0 atom stereocenters. The molecule has 120 valence electrons. The second-order valence-corrected chi connectivity index (χ2v) is 6.50. The molecule has 0 fully saturated rings. The molecule has 1 aliphatic rings. The Labute approximate surface area is 142 Å². The summed E-state index contributed by atoms with van der Waals surface area (Å²) >= 11 is 0. The molecule has 0 aromatic heterocycles. The molecule has 0 bridgehead atoms. The minimum absolute atomic E-state index is 0.0958. The Morgan fingerprint density at radius 3 is 2.50 bits per heavy atom. The summed E-state index contributed by atoms with van der Waals surface area (Å²) < 4.78 is 0. The van der Waals surface area contributed by atoms with Gasteiger partial charge in [-0.3, -0.25) is 14.6 Å². The maximum absolute atomic E-state index is 12.8. The van der Waals surface area contributed by atoms with Crippen LogP contribution in [-0.2, 0) is 6.54 Å². The molecule has 3 aromatic rings. The molecule has 0 saturated heterocycles. The molecule has 1 amide bonds. The lowest BCUT2D eigenvalue weighted by Gasteiger charge is -2.25. The lowest BCUT2D eigenvalue weighted by Crippen LogP contribution is -2.37. The van der Waals surface area contributed by atoms with Crippen LogP contribution in [0.5, 0.6) is 0 Å². The van der Waals surface area contributed by atoms with Gasteiger partial charge in [-0.2, -0.15) is 0 Å². The third kappa shape index (κ3) is 2.38. The highest BCUT2D eigenvalue weighted by Crippen LogP contribution is 2.37. The van der Waals surface area contributed by atoms with E-state index in [0.717, 1.165) is 28.6 Å². The van der Waals surface area contributed by atoms with Crippen LogP contribution in [0.3, 0.4) is 0 Å². The van der Waals surface area contributed by atoms with Crippen LogP contribution in [0.25, 0.3) is 10.8 Å². The van der Waals surface area contributed by atoms with Crippen LogP contribution in [0.15, 0.2) is 60.7 Å². The number of carbonyl (C=O) groups is 1. The van der Waals surface area contributed by atoms with Gasteiger partial charge in [0, 0.05) is 17.5 Å². The van der Waals surface area contributed by atoms with E-state index in [-0.39, 0.29) is 5.91 Å². The highest BCUT2D eigenvalue weighted by atomic mass is 16.2. The number of rotatable bonds is 4. The van der Waals surface area contributed by atoms with Gasteiger partial charge in [-0.1, -0.05) is 48.5 Å². The van der Waals surface area contributed by atoms with Crippen LogP contribution in [0, 0.1) is 6.92 Å². The minimum atomic E-state index is 0.0958. The summed E-state index contributed by atoms with van der Waals surface area (Å²) in [4.78, 5) is 16.9. The fraction of sp³-hybridized carbons (Fsp3) is 0.190. The van der Waals surface area contributed by atoms with Crippen molar-refractivity contribution in [3.05, 3.63) is 77.4 Å². The van der Waals surface area contributed by atoms with E-state index in [1.54, 1.807) is 0 Å². The summed E-state index contributed by atoms with van der Waals surface area (Å²) in [5.41, 5.74) is 4.40. The van der Waals surface area contributed by atoms with E-state index in [9.17, 15) is 4.79 Å². The molecular formula is C21H20N2O. The van der Waals surface area contributed by atoms with Crippen molar-refractivity contribution in [2.24, 2.45) is 0 Å². The number of amides is 1. The molecule has 3 aromatic carbocycles. The fourth-order valence-corrected chi connectivity index (χ4v) is 3.49. The number of hydrogen-bond acceptors (Lipinski definition) is 2. The predicted molar refractivity (Wildman–Crippen MR) is 98.3 cm³/mol. The molecule has 3 heteroatoms. The smallest absolute Gasteiger partial charge is 0.260 e. The quantitative estimate of drug-likeness (QED) is 0.720. The standard InChI is InChI=1S/C21H20N2O/c1-15-7-3-4-8-17(15)13-22(2)14-23-19-12-6-10-16-9-5-11-18(20(16)19)21(23)24/h3-12H,13-14H2,1-2H3. The van der Waals surface area contributed by atoms with Crippen LogP contribution in [0.4, 0.5) is 5.69 Å². The molecule has 0 unspecified atom stereocenters. The number of benzene rings is 3. The third-order valence-corrected chi connectivity index (χ3v) is 4.73. The topological polar surface area (TPSA) is 23.6 Å². The van der Waals surface area contributed by atoms with Gasteiger partial charge in [-0.15, -0.1) is 0 Å². The number of nitrogens with zero attached hydrogens (tertiary/aromatic N) is 2. The van der Waals surface area contributed by atoms with Crippen LogP contribution in [0.1, 0.15) is 21.5 Å². The van der Waals surface area contributed by atoms with Crippen molar-refractivity contribution in [1.82, 2.24) is 4.90 Å². The van der Waals surface area contributed by atoms with Crippen molar-refractivity contribution in [1.29, 1.82) is 0 Å². The second kappa shape index (κ2) is 5.77. The molecule has 0 N–H and O–H groups in total. The number of anilines is 1. The Balaban J connectivity index is 1.61. The van der Waals surface area contributed by atoms with Crippen molar-refractivity contribution in [2.75, 3.05) is 18.6 Å². The van der Waals surface area contributed by atoms with E-state index < -0.39 is 0 Å². The first-order valence-electron chi connectivity index (χ1n) is 8.22. The zero-order valence-corrected chi connectivity index (χ0v) is 14.0. The molecule has 0 radical (unpaired) electrons. The van der Waals surface area contributed by atoms with Gasteiger partial charge < -0.3 is 0 Å². The summed E-state index contributed by atoms with van der Waals surface area (Å²) in [7, 11) is 2.06. The second-order valence-electron chi connectivity index (χ2n) is 6.50. The first-order chi connectivity index (χ1) is 11.6. The molecule has 0 spiro atoms. The molecule has 4 rings (SSSR count). The molecule has 1 heterocycles. The lowest BCUT2D eigenvalue weighted by molar-refractivity contribution is 0.0977. The van der Waals surface area contributed by atoms with Gasteiger partial charge in [0.25, 0.3) is 5.91 Å². The number of aryl methyl sites for hydroxylation is 1. The maximum atomic E-state index is 12.8. The molecule has 1 aliphatic heterocycles. The molecule has 24 heavy (non-hydrogen) atoms. The Morgan fingerprint density at radius 1 is 0.958 bits per heavy atom. The largest absolute Gasteiger partial charge is 0.294 e. The number of hydrogen-bond donors (Lipinski definition) is 0. The first kappa shape index (κ1) is 14.9. The Morgan fingerprint density at radius 2 is 1.71 bits per heavy atom. The molecule has 3 nitrogen and oxygen atoms in total. The predicted octanol–water partition coefficient (Wildman–Crippen LogP) is 4.20. The van der Waals surface area contributed by atoms with Crippen LogP contribution in [-0.4, -0.2) is 24.5 Å². The van der Waals surface area contributed by atoms with Crippen LogP contribution in [0.2, 0.25) is 0 Å². The van der Waals surface area contributed by atoms with E-state index in [2.05, 4.69) is 55.3 Å². The van der Waals surface area contributed by atoms with Gasteiger partial charge in [0.15, 0.2) is 0 Å². The van der Waals surface area contributed by atoms with E-state index >= 15 is 0 Å². The van der Waals surface area contributed by atoms with Crippen molar-refractivity contribution >= 4 is 22.4 Å². The molecule has 0 aliphatic carbocycles. The highest BCUT2D eigenvalue weighted by Gasteiger charge is 2.29. The number of carbonyl (C=O) groups excluding carboxylic acids is 1. The Hall–Kier alpha value is -2.65. The Bertz CT molecular complexity index is 927. The molecule has 0 saturated carbocycles. The van der Waals surface area contributed by atoms with E-state index in [4.69, 9.17) is 0 Å².